The summed E-state index contributed by atoms with van der Waals surface area (Å²) in [6.07, 6.45) is -4.79. The third-order valence-electron chi connectivity index (χ3n) is 3.66. The number of aryl methyl sites for hydroxylation is 1. The van der Waals surface area contributed by atoms with Crippen molar-refractivity contribution < 1.29 is 39.6 Å². The number of alkyl halides is 4. The first kappa shape index (κ1) is 23.0. The van der Waals surface area contributed by atoms with Crippen LogP contribution in [0.2, 0.25) is 5.02 Å². The molecule has 1 aromatic heterocycles. The molecule has 0 saturated carbocycles. The second-order valence-electron chi connectivity index (χ2n) is 5.96. The smallest absolute Gasteiger partial charge is 0.345 e. The number of benzene rings is 1. The van der Waals surface area contributed by atoms with Gasteiger partial charge in [0.15, 0.2) is 5.82 Å². The Morgan fingerprint density at radius 1 is 1.17 bits per heavy atom. The first-order chi connectivity index (χ1) is 13.1. The molecule has 29 heavy (non-hydrogen) atoms. The molecule has 0 saturated heterocycles. The van der Waals surface area contributed by atoms with Gasteiger partial charge in [-0.1, -0.05) is 11.6 Å². The molecule has 1 aromatic carbocycles. The van der Waals surface area contributed by atoms with Gasteiger partial charge in [-0.2, -0.15) is 17.9 Å². The van der Waals surface area contributed by atoms with Gasteiger partial charge in [0.05, 0.1) is 5.69 Å². The molecule has 0 aliphatic rings. The summed E-state index contributed by atoms with van der Waals surface area (Å²) < 4.78 is 104. The fourth-order valence-electron chi connectivity index (χ4n) is 2.08. The lowest BCUT2D eigenvalue weighted by Gasteiger charge is -2.24. The fraction of sp³-hybridized carbons (Fsp3) is 0.267. The van der Waals surface area contributed by atoms with Gasteiger partial charge >= 0.3 is 6.18 Å². The maximum atomic E-state index is 13.9. The van der Waals surface area contributed by atoms with Crippen LogP contribution in [0.15, 0.2) is 29.3 Å². The van der Waals surface area contributed by atoms with Crippen LogP contribution < -0.4 is 10.0 Å². The Hall–Kier alpha value is -2.25. The lowest BCUT2D eigenvalue weighted by atomic mass is 10.2. The normalized spacial score (nSPS) is 14.5. The van der Waals surface area contributed by atoms with Crippen LogP contribution in [0, 0.1) is 11.6 Å². The Balaban J connectivity index is 2.33. The number of carbonyl (C=O) groups is 1. The minimum absolute atomic E-state index is 0.0256. The highest BCUT2D eigenvalue weighted by Crippen LogP contribution is 2.33. The van der Waals surface area contributed by atoms with Crippen molar-refractivity contribution in [3.63, 3.8) is 0 Å². The Morgan fingerprint density at radius 2 is 1.76 bits per heavy atom. The van der Waals surface area contributed by atoms with E-state index in [0.717, 1.165) is 27.6 Å². The minimum Gasteiger partial charge on any atom is -0.345 e. The summed E-state index contributed by atoms with van der Waals surface area (Å²) in [6.45, 7) is -0.0256. The van der Waals surface area contributed by atoms with Gasteiger partial charge in [0, 0.05) is 13.2 Å². The summed E-state index contributed by atoms with van der Waals surface area (Å²) in [6, 6.07) is 2.27. The summed E-state index contributed by atoms with van der Waals surface area (Å²) in [7, 11) is -3.85. The van der Waals surface area contributed by atoms with Crippen LogP contribution >= 0.6 is 11.6 Å². The minimum atomic E-state index is -5.53. The van der Waals surface area contributed by atoms with Gasteiger partial charge in [0.25, 0.3) is 11.7 Å². The Kier molecular flexibility index (Phi) is 5.99. The molecule has 0 spiro atoms. The largest absolute Gasteiger partial charge is 0.437 e. The molecule has 6 nitrogen and oxygen atoms in total. The van der Waals surface area contributed by atoms with Crippen molar-refractivity contribution in [2.24, 2.45) is 7.05 Å². The Bertz CT molecular complexity index is 1070. The van der Waals surface area contributed by atoms with Gasteiger partial charge in [0.2, 0.25) is 10.0 Å². The topological polar surface area (TPSA) is 80.2 Å². The maximum absolute atomic E-state index is 13.9. The van der Waals surface area contributed by atoms with E-state index in [1.54, 1.807) is 0 Å². The number of nitrogens with one attached hydrogen (secondary N) is 2. The Labute approximate surface area is 165 Å². The third kappa shape index (κ3) is 4.67. The van der Waals surface area contributed by atoms with Crippen molar-refractivity contribution in [1.29, 1.82) is 0 Å². The van der Waals surface area contributed by atoms with E-state index >= 15 is 0 Å². The number of aromatic nitrogens is 1. The van der Waals surface area contributed by atoms with E-state index < -0.39 is 60.8 Å². The molecule has 0 radical (unpaired) electrons. The summed E-state index contributed by atoms with van der Waals surface area (Å²) in [5.41, 5.74) is -0.962. The van der Waals surface area contributed by atoms with Gasteiger partial charge in [-0.05, 0) is 25.1 Å². The molecule has 0 aliphatic heterocycles. The zero-order valence-corrected chi connectivity index (χ0v) is 16.1. The molecule has 2 aromatic rings. The van der Waals surface area contributed by atoms with Crippen LogP contribution in [-0.2, 0) is 17.1 Å². The summed E-state index contributed by atoms with van der Waals surface area (Å²) >= 11 is 5.38. The quantitative estimate of drug-likeness (QED) is 0.403. The molecule has 2 rings (SSSR count). The maximum Gasteiger partial charge on any atom is 0.437 e. The van der Waals surface area contributed by atoms with Crippen molar-refractivity contribution in [2.75, 3.05) is 5.32 Å². The zero-order valence-electron chi connectivity index (χ0n) is 14.5. The van der Waals surface area contributed by atoms with Crippen LogP contribution in [0.25, 0.3) is 0 Å². The van der Waals surface area contributed by atoms with Crippen molar-refractivity contribution in [1.82, 2.24) is 9.29 Å². The van der Waals surface area contributed by atoms with Crippen LogP contribution in [0.4, 0.5) is 32.0 Å². The van der Waals surface area contributed by atoms with Gasteiger partial charge in [-0.3, -0.25) is 4.79 Å². The van der Waals surface area contributed by atoms with Crippen molar-refractivity contribution in [2.45, 2.75) is 23.8 Å². The molecule has 1 unspecified atom stereocenters. The molecule has 0 aliphatic carbocycles. The van der Waals surface area contributed by atoms with E-state index in [9.17, 15) is 39.6 Å². The molecule has 0 fully saturated rings. The van der Waals surface area contributed by atoms with E-state index in [1.807, 2.05) is 5.32 Å². The number of rotatable bonds is 5. The fourth-order valence-corrected chi connectivity index (χ4v) is 3.55. The molecular weight excluding hydrogens is 452 g/mol. The number of anilines is 1. The van der Waals surface area contributed by atoms with E-state index in [4.69, 9.17) is 11.6 Å². The van der Waals surface area contributed by atoms with Crippen molar-refractivity contribution in [3.8, 4) is 0 Å². The van der Waals surface area contributed by atoms with Crippen LogP contribution in [-0.4, -0.2) is 30.9 Å². The number of sulfonamides is 1. The third-order valence-corrected chi connectivity index (χ3v) is 5.51. The first-order valence-electron chi connectivity index (χ1n) is 7.47. The number of amides is 1. The molecule has 1 amide bonds. The van der Waals surface area contributed by atoms with E-state index in [-0.39, 0.29) is 6.92 Å². The SMILES string of the molecule is Cn1cc(S(=O)(=O)NC(C)(F)C(F)(F)F)cc1C(=O)Nc1ccc(F)c(Cl)c1F. The number of nitrogens with zero attached hydrogens (tertiary/aromatic N) is 1. The van der Waals surface area contributed by atoms with Crippen LogP contribution in [0.1, 0.15) is 17.4 Å². The second-order valence-corrected chi connectivity index (χ2v) is 8.02. The average molecular weight is 464 g/mol. The predicted molar refractivity (Wildman–Crippen MR) is 90.6 cm³/mol. The highest BCUT2D eigenvalue weighted by molar-refractivity contribution is 7.89. The van der Waals surface area contributed by atoms with E-state index in [0.29, 0.717) is 6.07 Å². The zero-order chi connectivity index (χ0) is 22.4. The summed E-state index contributed by atoms with van der Waals surface area (Å²) in [4.78, 5) is 11.4. The van der Waals surface area contributed by atoms with Gasteiger partial charge in [-0.25, -0.2) is 21.6 Å². The number of halogens is 7. The monoisotopic (exact) mass is 463 g/mol. The van der Waals surface area contributed by atoms with Crippen molar-refractivity contribution >= 4 is 33.2 Å². The number of hydrogen-bond donors (Lipinski definition) is 2. The summed E-state index contributed by atoms with van der Waals surface area (Å²) in [5.74, 6) is -7.73. The summed E-state index contributed by atoms with van der Waals surface area (Å²) in [5, 5.41) is 1.13. The van der Waals surface area contributed by atoms with E-state index in [1.165, 1.54) is 7.05 Å². The molecule has 1 heterocycles. The van der Waals surface area contributed by atoms with Gasteiger partial charge in [-0.15, -0.1) is 0 Å². The molecule has 160 valence electrons. The average Bonchev–Trinajstić information content (AvgIpc) is 2.96. The van der Waals surface area contributed by atoms with Crippen LogP contribution in [0.5, 0.6) is 0 Å². The number of carbonyl (C=O) groups excluding carboxylic acids is 1. The first-order valence-corrected chi connectivity index (χ1v) is 9.34. The van der Waals surface area contributed by atoms with Gasteiger partial charge in [0.1, 0.15) is 21.4 Å². The molecular formula is C15H12ClF6N3O3S. The lowest BCUT2D eigenvalue weighted by Crippen LogP contribution is -2.52. The highest BCUT2D eigenvalue weighted by atomic mass is 35.5. The molecule has 1 atom stereocenters. The standard InChI is InChI=1S/C15H12ClF6N3O3S/c1-14(19,15(20,21)22)24-29(27,28)7-5-10(25(2)6-7)13(26)23-9-4-3-8(17)11(16)12(9)18/h3-6,24H,1-2H3,(H,23,26). The number of hydrogen-bond acceptors (Lipinski definition) is 3. The van der Waals surface area contributed by atoms with Crippen LogP contribution in [0.3, 0.4) is 0 Å². The second kappa shape index (κ2) is 7.54. The predicted octanol–water partition coefficient (Wildman–Crippen LogP) is 3.74. The highest BCUT2D eigenvalue weighted by Gasteiger charge is 2.54. The van der Waals surface area contributed by atoms with Gasteiger partial charge < -0.3 is 9.88 Å². The lowest BCUT2D eigenvalue weighted by molar-refractivity contribution is -0.227. The van der Waals surface area contributed by atoms with Crippen molar-refractivity contribution in [3.05, 3.63) is 46.7 Å². The Morgan fingerprint density at radius 3 is 2.31 bits per heavy atom. The molecule has 2 N–H and O–H groups in total. The molecule has 14 heteroatoms. The molecule has 0 bridgehead atoms. The van der Waals surface area contributed by atoms with E-state index in [2.05, 4.69) is 0 Å².